The molecule has 0 aliphatic carbocycles. The molecule has 0 aliphatic heterocycles. The van der Waals surface area contributed by atoms with Gasteiger partial charge in [0.2, 0.25) is 5.88 Å². The molecule has 124 valence electrons. The third-order valence-electron chi connectivity index (χ3n) is 3.60. The highest BCUT2D eigenvalue weighted by atomic mass is 127. The zero-order chi connectivity index (χ0) is 17.4. The summed E-state index contributed by atoms with van der Waals surface area (Å²) < 4.78 is 30.3. The van der Waals surface area contributed by atoms with Crippen molar-refractivity contribution in [1.82, 2.24) is 15.0 Å². The minimum absolute atomic E-state index is 0.0714. The number of halogens is 3. The molecule has 0 radical (unpaired) electrons. The molecule has 1 aromatic heterocycles. The van der Waals surface area contributed by atoms with Crippen LogP contribution in [0, 0.1) is 22.1 Å². The van der Waals surface area contributed by atoms with E-state index in [1.165, 1.54) is 13.1 Å². The third kappa shape index (κ3) is 2.93. The molecule has 0 saturated carbocycles. The number of benzene rings is 2. The van der Waals surface area contributed by atoms with Crippen molar-refractivity contribution in [3.63, 3.8) is 0 Å². The maximum atomic E-state index is 14.4. The molecule has 2 N–H and O–H groups in total. The predicted octanol–water partition coefficient (Wildman–Crippen LogP) is 4.12. The highest BCUT2D eigenvalue weighted by Gasteiger charge is 2.21. The van der Waals surface area contributed by atoms with Crippen LogP contribution in [0.4, 0.5) is 20.2 Å². The first kappa shape index (κ1) is 16.6. The normalized spacial score (nSPS) is 10.9. The van der Waals surface area contributed by atoms with Gasteiger partial charge in [0.05, 0.1) is 5.69 Å². The summed E-state index contributed by atoms with van der Waals surface area (Å²) in [5.74, 6) is -2.27. The molecule has 8 heteroatoms. The fourth-order valence-corrected chi connectivity index (χ4v) is 2.95. The summed E-state index contributed by atoms with van der Waals surface area (Å²) in [4.78, 5) is 0. The third-order valence-corrected chi connectivity index (χ3v) is 4.27. The monoisotopic (exact) mass is 442 g/mol. The van der Waals surface area contributed by atoms with Gasteiger partial charge < -0.3 is 10.4 Å². The number of hydrogen-bond donors (Lipinski definition) is 2. The maximum Gasteiger partial charge on any atom is 0.238 e. The van der Waals surface area contributed by atoms with E-state index in [0.717, 1.165) is 19.9 Å². The highest BCUT2D eigenvalue weighted by molar-refractivity contribution is 14.1. The second-order valence-corrected chi connectivity index (χ2v) is 6.50. The predicted molar refractivity (Wildman–Crippen MR) is 95.2 cm³/mol. The molecule has 3 rings (SSSR count). The van der Waals surface area contributed by atoms with Crippen LogP contribution in [-0.4, -0.2) is 20.1 Å². The second-order valence-electron chi connectivity index (χ2n) is 5.25. The lowest BCUT2D eigenvalue weighted by Gasteiger charge is -2.14. The van der Waals surface area contributed by atoms with E-state index in [-0.39, 0.29) is 22.8 Å². The molecule has 0 fully saturated rings. The van der Waals surface area contributed by atoms with Crippen LogP contribution >= 0.6 is 22.6 Å². The summed E-state index contributed by atoms with van der Waals surface area (Å²) in [5.41, 5.74) is 1.69. The topological polar surface area (TPSA) is 63.0 Å². The standard InChI is InChI=1S/C16H13F2IN4O/c1-8-7-9(19)3-6-12(8)20-14-10(4-5-11(17)13(14)18)15-16(24)23(2)22-21-15/h3-7,20,24H,1-2H3. The molecule has 3 aromatic rings. The van der Waals surface area contributed by atoms with E-state index >= 15 is 0 Å². The van der Waals surface area contributed by atoms with Crippen molar-refractivity contribution in [2.45, 2.75) is 6.92 Å². The van der Waals surface area contributed by atoms with Gasteiger partial charge >= 0.3 is 0 Å². The summed E-state index contributed by atoms with van der Waals surface area (Å²) >= 11 is 2.17. The van der Waals surface area contributed by atoms with Crippen molar-refractivity contribution in [2.75, 3.05) is 5.32 Å². The summed E-state index contributed by atoms with van der Waals surface area (Å²) in [7, 11) is 1.50. The Morgan fingerprint density at radius 3 is 2.58 bits per heavy atom. The van der Waals surface area contributed by atoms with Gasteiger partial charge in [-0.15, -0.1) is 5.10 Å². The first-order valence-corrected chi connectivity index (χ1v) is 8.06. The maximum absolute atomic E-state index is 14.4. The Morgan fingerprint density at radius 2 is 1.96 bits per heavy atom. The lowest BCUT2D eigenvalue weighted by Crippen LogP contribution is -2.01. The van der Waals surface area contributed by atoms with Crippen LogP contribution in [0.25, 0.3) is 11.3 Å². The zero-order valence-corrected chi connectivity index (χ0v) is 15.0. The molecule has 2 aromatic carbocycles. The minimum atomic E-state index is -1.05. The molecule has 0 saturated heterocycles. The number of anilines is 2. The van der Waals surface area contributed by atoms with Crippen molar-refractivity contribution in [1.29, 1.82) is 0 Å². The molecule has 24 heavy (non-hydrogen) atoms. The van der Waals surface area contributed by atoms with E-state index in [4.69, 9.17) is 0 Å². The van der Waals surface area contributed by atoms with Crippen LogP contribution < -0.4 is 5.32 Å². The van der Waals surface area contributed by atoms with Gasteiger partial charge in [0.15, 0.2) is 17.3 Å². The van der Waals surface area contributed by atoms with Gasteiger partial charge in [-0.05, 0) is 65.4 Å². The smallest absolute Gasteiger partial charge is 0.238 e. The number of aromatic hydroxyl groups is 1. The van der Waals surface area contributed by atoms with Crippen molar-refractivity contribution in [3.05, 3.63) is 51.1 Å². The SMILES string of the molecule is Cc1cc(I)ccc1Nc1c(-c2nnn(C)c2O)ccc(F)c1F. The molecule has 1 heterocycles. The van der Waals surface area contributed by atoms with Crippen LogP contribution in [0.15, 0.2) is 30.3 Å². The minimum Gasteiger partial charge on any atom is -0.492 e. The molecule has 0 aliphatic rings. The van der Waals surface area contributed by atoms with E-state index in [1.807, 2.05) is 19.1 Å². The number of nitrogens with one attached hydrogen (secondary N) is 1. The first-order chi connectivity index (χ1) is 11.4. The van der Waals surface area contributed by atoms with Gasteiger partial charge in [-0.3, -0.25) is 0 Å². The number of aromatic nitrogens is 3. The van der Waals surface area contributed by atoms with E-state index < -0.39 is 11.6 Å². The van der Waals surface area contributed by atoms with Gasteiger partial charge in [0.25, 0.3) is 0 Å². The average Bonchev–Trinajstić information content (AvgIpc) is 2.86. The molecule has 0 bridgehead atoms. The second kappa shape index (κ2) is 6.34. The van der Waals surface area contributed by atoms with E-state index in [1.54, 1.807) is 6.07 Å². The number of rotatable bonds is 3. The highest BCUT2D eigenvalue weighted by Crippen LogP contribution is 2.37. The van der Waals surface area contributed by atoms with Gasteiger partial charge in [-0.1, -0.05) is 5.21 Å². The molecule has 0 atom stereocenters. The quantitative estimate of drug-likeness (QED) is 0.600. The van der Waals surface area contributed by atoms with Crippen LogP contribution in [-0.2, 0) is 7.05 Å². The largest absolute Gasteiger partial charge is 0.492 e. The van der Waals surface area contributed by atoms with E-state index in [0.29, 0.717) is 5.69 Å². The Morgan fingerprint density at radius 1 is 1.21 bits per heavy atom. The van der Waals surface area contributed by atoms with Crippen molar-refractivity contribution in [3.8, 4) is 17.1 Å². The Labute approximate surface area is 150 Å². The Kier molecular flexibility index (Phi) is 4.39. The van der Waals surface area contributed by atoms with Gasteiger partial charge in [-0.25, -0.2) is 13.5 Å². The van der Waals surface area contributed by atoms with E-state index in [9.17, 15) is 13.9 Å². The summed E-state index contributed by atoms with van der Waals surface area (Å²) in [6, 6.07) is 7.89. The van der Waals surface area contributed by atoms with Crippen molar-refractivity contribution in [2.24, 2.45) is 7.05 Å². The van der Waals surface area contributed by atoms with Crippen molar-refractivity contribution < 1.29 is 13.9 Å². The molecule has 0 amide bonds. The Bertz CT molecular complexity index is 927. The zero-order valence-electron chi connectivity index (χ0n) is 12.8. The lowest BCUT2D eigenvalue weighted by molar-refractivity contribution is 0.420. The van der Waals surface area contributed by atoms with Crippen LogP contribution in [0.1, 0.15) is 5.56 Å². The van der Waals surface area contributed by atoms with Gasteiger partial charge in [0, 0.05) is 21.9 Å². The first-order valence-electron chi connectivity index (χ1n) is 6.98. The Hall–Kier alpha value is -2.23. The van der Waals surface area contributed by atoms with E-state index in [2.05, 4.69) is 38.2 Å². The molecule has 0 spiro atoms. The van der Waals surface area contributed by atoms with Gasteiger partial charge in [0.1, 0.15) is 0 Å². The Balaban J connectivity index is 2.15. The van der Waals surface area contributed by atoms with Crippen molar-refractivity contribution >= 4 is 34.0 Å². The lowest BCUT2D eigenvalue weighted by atomic mass is 10.1. The number of hydrogen-bond acceptors (Lipinski definition) is 4. The van der Waals surface area contributed by atoms with Crippen LogP contribution in [0.5, 0.6) is 5.88 Å². The van der Waals surface area contributed by atoms with Gasteiger partial charge in [-0.2, -0.15) is 0 Å². The van der Waals surface area contributed by atoms with Crippen LogP contribution in [0.3, 0.4) is 0 Å². The van der Waals surface area contributed by atoms with Crippen LogP contribution in [0.2, 0.25) is 0 Å². The molecule has 0 unspecified atom stereocenters. The molecule has 5 nitrogen and oxygen atoms in total. The fourth-order valence-electron chi connectivity index (χ4n) is 2.30. The summed E-state index contributed by atoms with van der Waals surface area (Å²) in [6.07, 6.45) is 0. The summed E-state index contributed by atoms with van der Waals surface area (Å²) in [5, 5.41) is 20.5. The number of aryl methyl sites for hydroxylation is 2. The average molecular weight is 442 g/mol. The molecular formula is C16H13F2IN4O. The number of nitrogens with zero attached hydrogens (tertiary/aromatic N) is 3. The summed E-state index contributed by atoms with van der Waals surface area (Å²) in [6.45, 7) is 1.86. The molecular weight excluding hydrogens is 429 g/mol. The fraction of sp³-hybridized carbons (Fsp3) is 0.125.